The van der Waals surface area contributed by atoms with Gasteiger partial charge in [-0.25, -0.2) is 4.79 Å². The number of carbonyl (C=O) groups excluding carboxylic acids is 1. The molecule has 0 amide bonds. The second-order valence-electron chi connectivity index (χ2n) is 6.27. The van der Waals surface area contributed by atoms with Crippen molar-refractivity contribution in [1.29, 1.82) is 0 Å². The molecule has 2 rings (SSSR count). The summed E-state index contributed by atoms with van der Waals surface area (Å²) in [6.07, 6.45) is -4.44. The number of benzene rings is 1. The number of hydrogen-bond donors (Lipinski definition) is 0. The molecule has 1 unspecified atom stereocenters. The van der Waals surface area contributed by atoms with Gasteiger partial charge in [-0.2, -0.15) is 13.2 Å². The van der Waals surface area contributed by atoms with Crippen LogP contribution in [0.5, 0.6) is 5.75 Å². The standard InChI is InChI=1S/C18H20ClF3O3/c1-4-24-17(23)13-7-12-8-14(19)11(6-5-10(2)3)9-15(12)25-16(13)18(20,21)22/h7-10,16H,4-6H2,1-3H3. The van der Waals surface area contributed by atoms with Crippen LogP contribution in [-0.4, -0.2) is 24.9 Å². The van der Waals surface area contributed by atoms with Crippen LogP contribution in [0, 0.1) is 5.92 Å². The lowest BCUT2D eigenvalue weighted by Crippen LogP contribution is -2.40. The molecule has 1 heterocycles. The maximum atomic E-state index is 13.3. The molecule has 1 aromatic rings. The molecule has 1 aliphatic heterocycles. The summed E-state index contributed by atoms with van der Waals surface area (Å²) in [5.41, 5.74) is 0.484. The van der Waals surface area contributed by atoms with E-state index in [0.717, 1.165) is 18.1 Å². The van der Waals surface area contributed by atoms with Crippen molar-refractivity contribution < 1.29 is 27.4 Å². The fraction of sp³-hybridized carbons (Fsp3) is 0.500. The summed E-state index contributed by atoms with van der Waals surface area (Å²) in [5, 5.41) is 0.438. The van der Waals surface area contributed by atoms with Crippen LogP contribution in [-0.2, 0) is 16.0 Å². The summed E-state index contributed by atoms with van der Waals surface area (Å²) in [5.74, 6) is -0.541. The normalized spacial score (nSPS) is 17.0. The van der Waals surface area contributed by atoms with Crippen LogP contribution in [0.2, 0.25) is 5.02 Å². The quantitative estimate of drug-likeness (QED) is 0.663. The Kier molecular flexibility index (Phi) is 6.03. The zero-order valence-electron chi connectivity index (χ0n) is 14.2. The van der Waals surface area contributed by atoms with Crippen molar-refractivity contribution in [3.8, 4) is 5.75 Å². The van der Waals surface area contributed by atoms with Gasteiger partial charge in [-0.15, -0.1) is 0 Å². The SMILES string of the molecule is CCOC(=O)C1=Cc2cc(Cl)c(CCC(C)C)cc2OC1C(F)(F)F. The lowest BCUT2D eigenvalue weighted by Gasteiger charge is -2.28. The molecule has 0 N–H and O–H groups in total. The van der Waals surface area contributed by atoms with Crippen molar-refractivity contribution in [2.24, 2.45) is 5.92 Å². The van der Waals surface area contributed by atoms with Crippen molar-refractivity contribution >= 4 is 23.6 Å². The Labute approximate surface area is 149 Å². The van der Waals surface area contributed by atoms with Crippen molar-refractivity contribution in [3.05, 3.63) is 33.9 Å². The summed E-state index contributed by atoms with van der Waals surface area (Å²) >= 11 is 6.24. The molecule has 1 atom stereocenters. The first-order chi connectivity index (χ1) is 11.6. The Morgan fingerprint density at radius 1 is 1.36 bits per heavy atom. The van der Waals surface area contributed by atoms with Gasteiger partial charge in [0.05, 0.1) is 12.2 Å². The van der Waals surface area contributed by atoms with Crippen LogP contribution < -0.4 is 4.74 Å². The number of ether oxygens (including phenoxy) is 2. The fourth-order valence-electron chi connectivity index (χ4n) is 2.52. The zero-order chi connectivity index (χ0) is 18.8. The minimum absolute atomic E-state index is 0.0253. The fourth-order valence-corrected chi connectivity index (χ4v) is 2.79. The molecule has 1 aromatic carbocycles. The van der Waals surface area contributed by atoms with E-state index in [1.54, 1.807) is 0 Å². The molecule has 0 spiro atoms. The number of carbonyl (C=O) groups is 1. The molecule has 0 fully saturated rings. The lowest BCUT2D eigenvalue weighted by atomic mass is 9.97. The Morgan fingerprint density at radius 2 is 2.04 bits per heavy atom. The molecular weight excluding hydrogens is 357 g/mol. The van der Waals surface area contributed by atoms with Crippen molar-refractivity contribution in [2.45, 2.75) is 45.9 Å². The number of hydrogen-bond acceptors (Lipinski definition) is 3. The third-order valence-electron chi connectivity index (χ3n) is 3.82. The van der Waals surface area contributed by atoms with E-state index in [2.05, 4.69) is 13.8 Å². The highest BCUT2D eigenvalue weighted by Crippen LogP contribution is 2.40. The van der Waals surface area contributed by atoms with Gasteiger partial charge in [0, 0.05) is 10.6 Å². The molecule has 138 valence electrons. The lowest BCUT2D eigenvalue weighted by molar-refractivity contribution is -0.187. The molecule has 0 saturated carbocycles. The van der Waals surface area contributed by atoms with E-state index in [1.807, 2.05) is 0 Å². The highest BCUT2D eigenvalue weighted by atomic mass is 35.5. The molecular formula is C18H20ClF3O3. The van der Waals surface area contributed by atoms with Crippen molar-refractivity contribution in [3.63, 3.8) is 0 Å². The molecule has 0 aliphatic carbocycles. The highest BCUT2D eigenvalue weighted by molar-refractivity contribution is 6.31. The third-order valence-corrected chi connectivity index (χ3v) is 4.17. The van der Waals surface area contributed by atoms with Gasteiger partial charge >= 0.3 is 12.1 Å². The summed E-state index contributed by atoms with van der Waals surface area (Å²) < 4.78 is 49.8. The predicted molar refractivity (Wildman–Crippen MR) is 89.7 cm³/mol. The summed E-state index contributed by atoms with van der Waals surface area (Å²) in [7, 11) is 0. The number of rotatable bonds is 5. The minimum Gasteiger partial charge on any atom is -0.475 e. The summed E-state index contributed by atoms with van der Waals surface area (Å²) in [6, 6.07) is 3.05. The predicted octanol–water partition coefficient (Wildman–Crippen LogP) is 5.20. The zero-order valence-corrected chi connectivity index (χ0v) is 15.0. The van der Waals surface area contributed by atoms with Crippen LogP contribution in [0.4, 0.5) is 13.2 Å². The molecule has 25 heavy (non-hydrogen) atoms. The highest BCUT2D eigenvalue weighted by Gasteiger charge is 2.48. The minimum atomic E-state index is -4.73. The van der Waals surface area contributed by atoms with E-state index in [9.17, 15) is 18.0 Å². The molecule has 3 nitrogen and oxygen atoms in total. The van der Waals surface area contributed by atoms with E-state index in [4.69, 9.17) is 21.1 Å². The smallest absolute Gasteiger partial charge is 0.430 e. The Bertz CT molecular complexity index is 681. The van der Waals surface area contributed by atoms with Gasteiger partial charge in [-0.3, -0.25) is 0 Å². The van der Waals surface area contributed by atoms with Gasteiger partial charge in [-0.05, 0) is 49.5 Å². The van der Waals surface area contributed by atoms with E-state index < -0.39 is 23.8 Å². The van der Waals surface area contributed by atoms with Crippen LogP contribution in [0.25, 0.3) is 6.08 Å². The molecule has 0 aromatic heterocycles. The van der Waals surface area contributed by atoms with Gasteiger partial charge < -0.3 is 9.47 Å². The van der Waals surface area contributed by atoms with Gasteiger partial charge in [0.2, 0.25) is 6.10 Å². The Balaban J connectivity index is 2.43. The first kappa shape index (κ1) is 19.6. The summed E-state index contributed by atoms with van der Waals surface area (Å²) in [6.45, 7) is 5.60. The van der Waals surface area contributed by atoms with Gasteiger partial charge in [0.15, 0.2) is 0 Å². The third kappa shape index (κ3) is 4.69. The Morgan fingerprint density at radius 3 is 2.60 bits per heavy atom. The van der Waals surface area contributed by atoms with Crippen LogP contribution in [0.1, 0.15) is 38.3 Å². The molecule has 1 aliphatic rings. The summed E-state index contributed by atoms with van der Waals surface area (Å²) in [4.78, 5) is 11.9. The second-order valence-corrected chi connectivity index (χ2v) is 6.68. The van der Waals surface area contributed by atoms with E-state index in [1.165, 1.54) is 19.1 Å². The van der Waals surface area contributed by atoms with E-state index in [-0.39, 0.29) is 12.4 Å². The van der Waals surface area contributed by atoms with Crippen LogP contribution in [0.15, 0.2) is 17.7 Å². The van der Waals surface area contributed by atoms with Gasteiger partial charge in [0.25, 0.3) is 0 Å². The van der Waals surface area contributed by atoms with Crippen molar-refractivity contribution in [1.82, 2.24) is 0 Å². The van der Waals surface area contributed by atoms with E-state index in [0.29, 0.717) is 22.9 Å². The molecule has 0 radical (unpaired) electrons. The number of esters is 1. The van der Waals surface area contributed by atoms with Crippen molar-refractivity contribution in [2.75, 3.05) is 6.61 Å². The average Bonchev–Trinajstić information content (AvgIpc) is 2.50. The molecule has 0 bridgehead atoms. The first-order valence-electron chi connectivity index (χ1n) is 8.08. The molecule has 7 heteroatoms. The van der Waals surface area contributed by atoms with Gasteiger partial charge in [-0.1, -0.05) is 25.4 Å². The largest absolute Gasteiger partial charge is 0.475 e. The average molecular weight is 377 g/mol. The maximum Gasteiger partial charge on any atom is 0.430 e. The van der Waals surface area contributed by atoms with E-state index >= 15 is 0 Å². The Hall–Kier alpha value is -1.69. The van der Waals surface area contributed by atoms with Gasteiger partial charge in [0.1, 0.15) is 5.75 Å². The molecule has 0 saturated heterocycles. The van der Waals surface area contributed by atoms with Crippen LogP contribution >= 0.6 is 11.6 Å². The first-order valence-corrected chi connectivity index (χ1v) is 8.45. The number of halogens is 4. The number of fused-ring (bicyclic) bond motifs is 1. The number of alkyl halides is 3. The second kappa shape index (κ2) is 7.68. The topological polar surface area (TPSA) is 35.5 Å². The van der Waals surface area contributed by atoms with Crippen LogP contribution in [0.3, 0.4) is 0 Å². The number of aryl methyl sites for hydroxylation is 1. The maximum absolute atomic E-state index is 13.3. The monoisotopic (exact) mass is 376 g/mol.